The van der Waals surface area contributed by atoms with Crippen molar-refractivity contribution in [2.75, 3.05) is 7.11 Å². The maximum Gasteiger partial charge on any atom is 0.494 e. The van der Waals surface area contributed by atoms with Crippen molar-refractivity contribution in [3.8, 4) is 5.75 Å². The number of hydrogen-bond donors (Lipinski definition) is 1. The van der Waals surface area contributed by atoms with Gasteiger partial charge in [-0.3, -0.25) is 0 Å². The quantitative estimate of drug-likeness (QED) is 0.665. The van der Waals surface area contributed by atoms with Gasteiger partial charge in [-0.15, -0.1) is 0 Å². The summed E-state index contributed by atoms with van der Waals surface area (Å²) < 4.78 is 16.6. The molecule has 1 N–H and O–H groups in total. The normalized spacial score (nSPS) is 19.6. The second-order valence-corrected chi connectivity index (χ2v) is 6.31. The Labute approximate surface area is 125 Å². The number of aromatic hydroxyl groups is 1. The molecule has 1 aromatic rings. The Morgan fingerprint density at radius 1 is 1.19 bits per heavy atom. The van der Waals surface area contributed by atoms with Crippen LogP contribution in [0.2, 0.25) is 0 Å². The molecule has 0 atom stereocenters. The zero-order valence-electron chi connectivity index (χ0n) is 13.3. The van der Waals surface area contributed by atoms with Gasteiger partial charge in [0, 0.05) is 0 Å². The predicted octanol–water partition coefficient (Wildman–Crippen LogP) is 1.79. The molecule has 1 aliphatic rings. The Balaban J connectivity index is 2.43. The SMILES string of the molecule is COC(=O)c1cc(B2OC(C)(C)C(C)(C)O2)cc(C)c1O. The molecule has 0 aromatic heterocycles. The molecular weight excluding hydrogens is 271 g/mol. The fraction of sp³-hybridized carbons (Fsp3) is 0.533. The van der Waals surface area contributed by atoms with Gasteiger partial charge in [-0.25, -0.2) is 4.79 Å². The first-order valence-corrected chi connectivity index (χ1v) is 6.86. The van der Waals surface area contributed by atoms with Gasteiger partial charge in [0.15, 0.2) is 0 Å². The third kappa shape index (κ3) is 2.65. The lowest BCUT2D eigenvalue weighted by Crippen LogP contribution is -2.41. The maximum absolute atomic E-state index is 11.7. The van der Waals surface area contributed by atoms with Crippen LogP contribution < -0.4 is 5.46 Å². The molecular formula is C15H21BO5. The van der Waals surface area contributed by atoms with E-state index in [9.17, 15) is 9.90 Å². The summed E-state index contributed by atoms with van der Waals surface area (Å²) in [5.74, 6) is -0.670. The molecule has 1 aliphatic heterocycles. The standard InChI is InChI=1S/C15H21BO5/c1-9-7-10(8-11(12(9)17)13(18)19-6)16-20-14(2,3)15(4,5)21-16/h7-8,17H,1-6H3. The van der Waals surface area contributed by atoms with Crippen molar-refractivity contribution in [1.82, 2.24) is 0 Å². The molecule has 6 heteroatoms. The van der Waals surface area contributed by atoms with Crippen molar-refractivity contribution in [3.05, 3.63) is 23.3 Å². The van der Waals surface area contributed by atoms with Crippen LogP contribution in [-0.4, -0.2) is 36.5 Å². The van der Waals surface area contributed by atoms with Crippen molar-refractivity contribution in [3.63, 3.8) is 0 Å². The highest BCUT2D eigenvalue weighted by atomic mass is 16.7. The number of benzene rings is 1. The number of rotatable bonds is 2. The molecule has 0 unspecified atom stereocenters. The van der Waals surface area contributed by atoms with E-state index in [0.29, 0.717) is 11.0 Å². The maximum atomic E-state index is 11.7. The van der Waals surface area contributed by atoms with Gasteiger partial charge < -0.3 is 19.2 Å². The number of phenols is 1. The summed E-state index contributed by atoms with van der Waals surface area (Å²) in [5.41, 5.74) is 0.443. The summed E-state index contributed by atoms with van der Waals surface area (Å²) in [6, 6.07) is 3.31. The van der Waals surface area contributed by atoms with Gasteiger partial charge in [0.05, 0.1) is 18.3 Å². The number of carbonyl (C=O) groups is 1. The number of phenolic OH excluding ortho intramolecular Hbond substituents is 1. The van der Waals surface area contributed by atoms with Crippen molar-refractivity contribution in [2.24, 2.45) is 0 Å². The van der Waals surface area contributed by atoms with Crippen LogP contribution in [0.15, 0.2) is 12.1 Å². The molecule has 1 heterocycles. The van der Waals surface area contributed by atoms with Gasteiger partial charge in [0.2, 0.25) is 0 Å². The Morgan fingerprint density at radius 2 is 1.71 bits per heavy atom. The van der Waals surface area contributed by atoms with Crippen LogP contribution in [0.3, 0.4) is 0 Å². The highest BCUT2D eigenvalue weighted by Crippen LogP contribution is 2.37. The van der Waals surface area contributed by atoms with Crippen LogP contribution >= 0.6 is 0 Å². The van der Waals surface area contributed by atoms with Crippen LogP contribution in [0, 0.1) is 6.92 Å². The zero-order chi connectivity index (χ0) is 16.0. The molecule has 0 aliphatic carbocycles. The fourth-order valence-electron chi connectivity index (χ4n) is 2.19. The lowest BCUT2D eigenvalue weighted by atomic mass is 9.77. The molecule has 1 fully saturated rings. The van der Waals surface area contributed by atoms with E-state index < -0.39 is 24.3 Å². The summed E-state index contributed by atoms with van der Waals surface area (Å²) in [6.07, 6.45) is 0. The van der Waals surface area contributed by atoms with Crippen molar-refractivity contribution in [2.45, 2.75) is 45.8 Å². The van der Waals surface area contributed by atoms with Crippen molar-refractivity contribution in [1.29, 1.82) is 0 Å². The molecule has 1 saturated heterocycles. The molecule has 21 heavy (non-hydrogen) atoms. The summed E-state index contributed by atoms with van der Waals surface area (Å²) in [5, 5.41) is 9.99. The third-order valence-electron chi connectivity index (χ3n) is 4.25. The largest absolute Gasteiger partial charge is 0.507 e. The molecule has 0 spiro atoms. The minimum atomic E-state index is -0.589. The van der Waals surface area contributed by atoms with Crippen LogP contribution in [0.4, 0.5) is 0 Å². The average Bonchev–Trinajstić information content (AvgIpc) is 2.60. The monoisotopic (exact) mass is 292 g/mol. The minimum Gasteiger partial charge on any atom is -0.507 e. The van der Waals surface area contributed by atoms with E-state index in [0.717, 1.165) is 0 Å². The van der Waals surface area contributed by atoms with Crippen molar-refractivity contribution < 1.29 is 23.9 Å². The molecule has 0 bridgehead atoms. The number of esters is 1. The molecule has 2 rings (SSSR count). The van der Waals surface area contributed by atoms with E-state index in [2.05, 4.69) is 0 Å². The average molecular weight is 292 g/mol. The van der Waals surface area contributed by atoms with Gasteiger partial charge in [-0.2, -0.15) is 0 Å². The van der Waals surface area contributed by atoms with Gasteiger partial charge >= 0.3 is 13.1 Å². The smallest absolute Gasteiger partial charge is 0.494 e. The Kier molecular flexibility index (Phi) is 3.80. The Morgan fingerprint density at radius 3 is 2.19 bits per heavy atom. The van der Waals surface area contributed by atoms with Gasteiger partial charge in [-0.05, 0) is 51.7 Å². The highest BCUT2D eigenvalue weighted by Gasteiger charge is 2.51. The third-order valence-corrected chi connectivity index (χ3v) is 4.25. The van der Waals surface area contributed by atoms with Crippen LogP contribution in [0.25, 0.3) is 0 Å². The second kappa shape index (κ2) is 5.03. The number of hydrogen-bond acceptors (Lipinski definition) is 5. The molecule has 1 aromatic carbocycles. The van der Waals surface area contributed by atoms with Gasteiger partial charge in [-0.1, -0.05) is 6.07 Å². The van der Waals surface area contributed by atoms with E-state index >= 15 is 0 Å². The van der Waals surface area contributed by atoms with Crippen LogP contribution in [0.1, 0.15) is 43.6 Å². The summed E-state index contributed by atoms with van der Waals surface area (Å²) >= 11 is 0. The lowest BCUT2D eigenvalue weighted by Gasteiger charge is -2.32. The van der Waals surface area contributed by atoms with E-state index in [1.165, 1.54) is 7.11 Å². The second-order valence-electron chi connectivity index (χ2n) is 6.31. The topological polar surface area (TPSA) is 65.0 Å². The first-order valence-electron chi connectivity index (χ1n) is 6.86. The number of carbonyl (C=O) groups excluding carboxylic acids is 1. The predicted molar refractivity (Wildman–Crippen MR) is 79.9 cm³/mol. The van der Waals surface area contributed by atoms with Crippen LogP contribution in [0.5, 0.6) is 5.75 Å². The first-order chi connectivity index (χ1) is 9.59. The van der Waals surface area contributed by atoms with E-state index in [4.69, 9.17) is 14.0 Å². The summed E-state index contributed by atoms with van der Waals surface area (Å²) in [7, 11) is 0.691. The van der Waals surface area contributed by atoms with Gasteiger partial charge in [0.1, 0.15) is 11.3 Å². The van der Waals surface area contributed by atoms with E-state index in [1.54, 1.807) is 19.1 Å². The Hall–Kier alpha value is -1.53. The number of ether oxygens (including phenoxy) is 1. The first kappa shape index (κ1) is 15.9. The van der Waals surface area contributed by atoms with Crippen molar-refractivity contribution >= 4 is 18.6 Å². The zero-order valence-corrected chi connectivity index (χ0v) is 13.3. The number of aryl methyl sites for hydroxylation is 1. The number of methoxy groups -OCH3 is 1. The minimum absolute atomic E-state index is 0.0814. The van der Waals surface area contributed by atoms with E-state index in [1.807, 2.05) is 27.7 Å². The molecule has 0 radical (unpaired) electrons. The molecule has 5 nitrogen and oxygen atoms in total. The molecule has 0 amide bonds. The lowest BCUT2D eigenvalue weighted by molar-refractivity contribution is 0.00578. The van der Waals surface area contributed by atoms with Crippen LogP contribution in [-0.2, 0) is 14.0 Å². The highest BCUT2D eigenvalue weighted by molar-refractivity contribution is 6.62. The summed E-state index contributed by atoms with van der Waals surface area (Å²) in [6.45, 7) is 9.56. The van der Waals surface area contributed by atoms with E-state index in [-0.39, 0.29) is 11.3 Å². The van der Waals surface area contributed by atoms with Gasteiger partial charge in [0.25, 0.3) is 0 Å². The molecule has 114 valence electrons. The Bertz CT molecular complexity index is 564. The molecule has 0 saturated carbocycles. The fourth-order valence-corrected chi connectivity index (χ4v) is 2.19. The summed E-state index contributed by atoms with van der Waals surface area (Å²) in [4.78, 5) is 11.7.